The molecule has 15 heteroatoms. The van der Waals surface area contributed by atoms with Crippen molar-refractivity contribution in [2.45, 2.75) is 245 Å². The Morgan fingerprint density at radius 1 is 0.295 bits per heavy atom. The smallest absolute Gasteiger partial charge is 0.227 e. The molecule has 20 aromatic rings. The standard InChI is InChI=1S/C26H29N2O.C25H27N2O.C25H29N2O.2C24H27N2O/c1-4-18-14-15-28(3)23(16-18)24-17(2)10-11-20-21-12-13-22(19-8-6-5-7-9-19)27-26(21)29-25(20)24;1-4-17-13-14-27(3)22(15-17)23-16(2)9-10-19-20-11-12-21(18-7-5-6-8-18)26-25(20)28-24(19)23;1-7-17-12-13-27(6)21(14-17)22-16(2)8-10-19-20-11-9-18(15-25(3,4)5)26-24(20)28-23(19)22;1-7-16-12-13-26(6)19(14-16)21-15(2)8-9-17-18-10-11-20(24(3,4)5)25-23(18)27-22(17)21;1-6-17-11-12-26(5)21(14-17)22-16(4)7-9-19-20-10-8-18(13-15(2)3)25-24(20)27-23(19)22/h10-16,19H,4-9H2,1-3H3;9-15,18H,4-8H2,1-3H3;8-14H,7,15H2,1-6H3;8-14H,7H2,1-6H3;7-12,14-15H,6,13H2,1-5H3/q5*+1. The van der Waals surface area contributed by atoms with Crippen molar-refractivity contribution in [1.82, 2.24) is 24.9 Å². The number of furan rings is 5. The SMILES string of the molecule is CCc1cc[n+](C)c(-c2c(C)ccc3c2oc2nc(C(C)(C)C)ccc23)c1.CCc1cc[n+](C)c(-c2c(C)ccc3c2oc2nc(C4CCCC4)ccc23)c1.CCc1cc[n+](C)c(-c2c(C)ccc3c2oc2nc(C4CCCCC4)ccc23)c1.CCc1cc[n+](C)c(-c2c(C)ccc3c2oc2nc(CC(C)(C)C)ccc23)c1.CCc1cc[n+](C)c(-c2c(C)ccc3c2oc2nc(CC(C)C)ccc23)c1. The molecule has 0 saturated heterocycles. The van der Waals surface area contributed by atoms with E-state index in [4.69, 9.17) is 47.0 Å². The minimum Gasteiger partial charge on any atom is -0.437 e. The van der Waals surface area contributed by atoms with E-state index in [1.165, 1.54) is 164 Å². The fraction of sp³-hybridized carbons (Fsp3) is 0.355. The van der Waals surface area contributed by atoms with Gasteiger partial charge in [-0.1, -0.05) is 183 Å². The molecular formula is C124H139N10O5+5. The first-order chi connectivity index (χ1) is 66.8. The van der Waals surface area contributed by atoms with Crippen molar-refractivity contribution in [1.29, 1.82) is 0 Å². The molecule has 0 N–H and O–H groups in total. The summed E-state index contributed by atoms with van der Waals surface area (Å²) in [5.41, 5.74) is 38.7. The minimum absolute atomic E-state index is 0.00614. The maximum absolute atomic E-state index is 6.45. The van der Waals surface area contributed by atoms with Crippen LogP contribution in [0.4, 0.5) is 0 Å². The molecule has 2 aliphatic rings. The van der Waals surface area contributed by atoms with Gasteiger partial charge in [-0.15, -0.1) is 0 Å². The summed E-state index contributed by atoms with van der Waals surface area (Å²) in [7, 11) is 10.5. The molecule has 2 saturated carbocycles. The molecule has 2 aliphatic carbocycles. The van der Waals surface area contributed by atoms with Crippen LogP contribution in [-0.4, -0.2) is 24.9 Å². The number of hydrogen-bond donors (Lipinski definition) is 0. The summed E-state index contributed by atoms with van der Waals surface area (Å²) in [6.45, 7) is 39.4. The Hall–Kier alpha value is -13.4. The van der Waals surface area contributed by atoms with E-state index in [-0.39, 0.29) is 10.8 Å². The van der Waals surface area contributed by atoms with E-state index in [2.05, 4.69) is 396 Å². The van der Waals surface area contributed by atoms with E-state index in [1.54, 1.807) is 0 Å². The van der Waals surface area contributed by atoms with E-state index in [0.717, 1.165) is 189 Å². The van der Waals surface area contributed by atoms with Crippen molar-refractivity contribution in [2.24, 2.45) is 46.6 Å². The normalized spacial score (nSPS) is 13.4. The van der Waals surface area contributed by atoms with E-state index in [0.29, 0.717) is 17.8 Å². The van der Waals surface area contributed by atoms with E-state index < -0.39 is 0 Å². The summed E-state index contributed by atoms with van der Waals surface area (Å²) < 4.78 is 42.8. The monoisotopic (exact) mass is 1850 g/mol. The molecule has 0 radical (unpaired) electrons. The summed E-state index contributed by atoms with van der Waals surface area (Å²) in [4.78, 5) is 24.4. The first kappa shape index (κ1) is 95.9. The second kappa shape index (κ2) is 39.8. The number of aromatic nitrogens is 10. The Bertz CT molecular complexity index is 8040. The first-order valence-corrected chi connectivity index (χ1v) is 50.9. The minimum atomic E-state index is -0.00614. The average Bonchev–Trinajstić information content (AvgIpc) is 1.60. The number of aryl methyl sites for hydroxylation is 15. The van der Waals surface area contributed by atoms with Crippen molar-refractivity contribution < 1.29 is 44.9 Å². The molecule has 5 aromatic carbocycles. The molecule has 710 valence electrons. The van der Waals surface area contributed by atoms with Crippen LogP contribution in [0.1, 0.15) is 244 Å². The number of fused-ring (bicyclic) bond motifs is 15. The van der Waals surface area contributed by atoms with Gasteiger partial charge in [-0.25, -0.2) is 47.8 Å². The highest BCUT2D eigenvalue weighted by Crippen LogP contribution is 2.46. The third kappa shape index (κ3) is 19.5. The third-order valence-electron chi connectivity index (χ3n) is 29.0. The van der Waals surface area contributed by atoms with Crippen molar-refractivity contribution in [3.8, 4) is 56.3 Å². The van der Waals surface area contributed by atoms with Crippen molar-refractivity contribution >= 4 is 110 Å². The summed E-state index contributed by atoms with van der Waals surface area (Å²) >= 11 is 0. The molecule has 0 atom stereocenters. The van der Waals surface area contributed by atoms with Gasteiger partial charge in [0, 0.05) is 160 Å². The zero-order valence-corrected chi connectivity index (χ0v) is 86.3. The van der Waals surface area contributed by atoms with Gasteiger partial charge in [0.15, 0.2) is 58.9 Å². The maximum atomic E-state index is 6.45. The molecule has 15 aromatic heterocycles. The predicted octanol–water partition coefficient (Wildman–Crippen LogP) is 29.5. The Morgan fingerprint density at radius 2 is 0.547 bits per heavy atom. The number of pyridine rings is 10. The Balaban J connectivity index is 0.000000115. The third-order valence-corrected chi connectivity index (χ3v) is 29.0. The Morgan fingerprint density at radius 3 is 0.827 bits per heavy atom. The van der Waals surface area contributed by atoms with E-state index in [9.17, 15) is 0 Å². The molecule has 22 rings (SSSR count). The van der Waals surface area contributed by atoms with Gasteiger partial charge >= 0.3 is 0 Å². The summed E-state index contributed by atoms with van der Waals surface area (Å²) in [5, 5.41) is 11.2. The molecule has 0 amide bonds. The maximum Gasteiger partial charge on any atom is 0.227 e. The lowest BCUT2D eigenvalue weighted by Gasteiger charge is -2.20. The van der Waals surface area contributed by atoms with Crippen LogP contribution in [0.25, 0.3) is 167 Å². The molecule has 139 heavy (non-hydrogen) atoms. The van der Waals surface area contributed by atoms with Crippen LogP contribution in [0.5, 0.6) is 0 Å². The fourth-order valence-electron chi connectivity index (χ4n) is 20.9. The van der Waals surface area contributed by atoms with Crippen molar-refractivity contribution in [2.75, 3.05) is 0 Å². The molecule has 0 aliphatic heterocycles. The predicted molar refractivity (Wildman–Crippen MR) is 569 cm³/mol. The zero-order valence-electron chi connectivity index (χ0n) is 86.3. The van der Waals surface area contributed by atoms with Gasteiger partial charge in [0.05, 0.1) is 27.8 Å². The van der Waals surface area contributed by atoms with Crippen LogP contribution in [0, 0.1) is 46.0 Å². The zero-order chi connectivity index (χ0) is 97.7. The quantitative estimate of drug-likeness (QED) is 0.0908. The lowest BCUT2D eigenvalue weighted by molar-refractivity contribution is -0.660. The molecule has 0 bridgehead atoms. The highest BCUT2D eigenvalue weighted by atomic mass is 16.4. The van der Waals surface area contributed by atoms with Gasteiger partial charge in [0.2, 0.25) is 57.0 Å². The highest BCUT2D eigenvalue weighted by molar-refractivity contribution is 6.13. The van der Waals surface area contributed by atoms with Gasteiger partial charge < -0.3 is 22.1 Å². The molecule has 0 unspecified atom stereocenters. The van der Waals surface area contributed by atoms with E-state index >= 15 is 0 Å². The average molecular weight is 1850 g/mol. The van der Waals surface area contributed by atoms with Crippen LogP contribution in [0.3, 0.4) is 0 Å². The van der Waals surface area contributed by atoms with Gasteiger partial charge in [-0.2, -0.15) is 0 Å². The summed E-state index contributed by atoms with van der Waals surface area (Å²) in [5.74, 6) is 1.76. The number of rotatable bonds is 15. The van der Waals surface area contributed by atoms with E-state index in [1.807, 2.05) is 0 Å². The Labute approximate surface area is 819 Å². The lowest BCUT2D eigenvalue weighted by atomic mass is 9.86. The van der Waals surface area contributed by atoms with Gasteiger partial charge in [-0.3, -0.25) is 0 Å². The second-order valence-electron chi connectivity index (χ2n) is 42.0. The highest BCUT2D eigenvalue weighted by Gasteiger charge is 2.31. The summed E-state index contributed by atoms with van der Waals surface area (Å²) in [6.07, 6.45) is 29.3. The Kier molecular flexibility index (Phi) is 27.5. The van der Waals surface area contributed by atoms with Gasteiger partial charge in [0.25, 0.3) is 0 Å². The lowest BCUT2D eigenvalue weighted by Crippen LogP contribution is -2.30. The molecular weight excluding hydrogens is 1710 g/mol. The molecule has 15 nitrogen and oxygen atoms in total. The number of hydrogen-bond acceptors (Lipinski definition) is 10. The topological polar surface area (TPSA) is 150 Å². The van der Waals surface area contributed by atoms with Crippen LogP contribution < -0.4 is 22.8 Å². The molecule has 0 spiro atoms. The number of nitrogens with zero attached hydrogens (tertiary/aromatic N) is 10. The van der Waals surface area contributed by atoms with Crippen LogP contribution in [-0.2, 0) is 85.6 Å². The second-order valence-corrected chi connectivity index (χ2v) is 42.0. The largest absolute Gasteiger partial charge is 0.437 e. The fourth-order valence-corrected chi connectivity index (χ4v) is 20.9. The molecule has 15 heterocycles. The summed E-state index contributed by atoms with van der Waals surface area (Å²) in [6, 6.07) is 65.8. The van der Waals surface area contributed by atoms with Crippen LogP contribution >= 0.6 is 0 Å². The van der Waals surface area contributed by atoms with Crippen molar-refractivity contribution in [3.05, 3.63) is 297 Å². The van der Waals surface area contributed by atoms with Gasteiger partial charge in [0.1, 0.15) is 35.2 Å². The van der Waals surface area contributed by atoms with Crippen LogP contribution in [0.2, 0.25) is 0 Å². The number of benzene rings is 5. The van der Waals surface area contributed by atoms with Crippen molar-refractivity contribution in [3.63, 3.8) is 0 Å². The molecule has 2 fully saturated rings. The van der Waals surface area contributed by atoms with Crippen LogP contribution in [0.15, 0.2) is 235 Å². The van der Waals surface area contributed by atoms with Gasteiger partial charge in [-0.05, 0) is 233 Å². The first-order valence-electron chi connectivity index (χ1n) is 50.9.